The van der Waals surface area contributed by atoms with Crippen molar-refractivity contribution < 1.29 is 18.0 Å². The second-order valence-corrected chi connectivity index (χ2v) is 6.37. The number of carbonyl (C=O) groups excluding carboxylic acids is 2. The van der Waals surface area contributed by atoms with Gasteiger partial charge in [-0.2, -0.15) is 0 Å². The summed E-state index contributed by atoms with van der Waals surface area (Å²) >= 11 is 3.10. The summed E-state index contributed by atoms with van der Waals surface area (Å²) in [5.74, 6) is -1.32. The lowest BCUT2D eigenvalue weighted by molar-refractivity contribution is -0.123. The van der Waals surface area contributed by atoms with E-state index in [9.17, 15) is 18.0 Å². The second-order valence-electron chi connectivity index (χ2n) is 3.95. The second kappa shape index (κ2) is 6.31. The molecule has 20 heavy (non-hydrogen) atoms. The number of hydrogen-bond donors (Lipinski definition) is 4. The van der Waals surface area contributed by atoms with Crippen LogP contribution in [0.4, 0.5) is 5.69 Å². The van der Waals surface area contributed by atoms with Crippen LogP contribution in [0.25, 0.3) is 0 Å². The zero-order valence-corrected chi connectivity index (χ0v) is 12.6. The minimum atomic E-state index is -3.83. The van der Waals surface area contributed by atoms with Gasteiger partial charge < -0.3 is 16.8 Å². The molecule has 1 aromatic rings. The van der Waals surface area contributed by atoms with E-state index < -0.39 is 27.9 Å². The topological polar surface area (TPSA) is 158 Å². The Morgan fingerprint density at radius 2 is 1.95 bits per heavy atom. The van der Waals surface area contributed by atoms with Crippen molar-refractivity contribution in [2.75, 3.05) is 5.32 Å². The predicted octanol–water partition coefficient (Wildman–Crippen LogP) is -0.762. The fourth-order valence-electron chi connectivity index (χ4n) is 1.31. The van der Waals surface area contributed by atoms with Crippen molar-refractivity contribution >= 4 is 43.5 Å². The molecule has 0 aliphatic carbocycles. The van der Waals surface area contributed by atoms with Gasteiger partial charge in [-0.1, -0.05) is 0 Å². The summed E-state index contributed by atoms with van der Waals surface area (Å²) in [6.45, 7) is 0. The lowest BCUT2D eigenvalue weighted by Gasteiger charge is -2.12. The number of nitrogens with two attached hydrogens (primary N) is 3. The molecule has 1 atom stereocenters. The van der Waals surface area contributed by atoms with E-state index in [1.807, 2.05) is 0 Å². The molecule has 110 valence electrons. The minimum absolute atomic E-state index is 0.108. The molecule has 0 bridgehead atoms. The van der Waals surface area contributed by atoms with Gasteiger partial charge in [0, 0.05) is 4.47 Å². The highest BCUT2D eigenvalue weighted by molar-refractivity contribution is 9.10. The number of benzene rings is 1. The monoisotopic (exact) mass is 364 g/mol. The summed E-state index contributed by atoms with van der Waals surface area (Å²) in [6, 6.07) is 2.73. The van der Waals surface area contributed by atoms with Gasteiger partial charge in [-0.3, -0.25) is 9.59 Å². The van der Waals surface area contributed by atoms with E-state index in [0.29, 0.717) is 10.2 Å². The van der Waals surface area contributed by atoms with E-state index in [0.717, 1.165) is 0 Å². The Morgan fingerprint density at radius 1 is 1.35 bits per heavy atom. The molecule has 10 heteroatoms. The van der Waals surface area contributed by atoms with Gasteiger partial charge in [0.15, 0.2) is 0 Å². The molecule has 0 radical (unpaired) electrons. The van der Waals surface area contributed by atoms with Crippen LogP contribution in [0.1, 0.15) is 6.42 Å². The van der Waals surface area contributed by atoms with Gasteiger partial charge in [0.25, 0.3) is 0 Å². The number of rotatable bonds is 5. The Balaban J connectivity index is 2.89. The molecule has 8 nitrogen and oxygen atoms in total. The Kier molecular flexibility index (Phi) is 5.22. The summed E-state index contributed by atoms with van der Waals surface area (Å²) in [5, 5.41) is 7.41. The van der Waals surface area contributed by atoms with Gasteiger partial charge in [-0.25, -0.2) is 13.6 Å². The number of sulfonamides is 1. The molecule has 1 aromatic carbocycles. The van der Waals surface area contributed by atoms with Crippen LogP contribution in [0, 0.1) is 0 Å². The highest BCUT2D eigenvalue weighted by atomic mass is 79.9. The van der Waals surface area contributed by atoms with Crippen LogP contribution < -0.4 is 21.9 Å². The fraction of sp³-hybridized carbons (Fsp3) is 0.200. The van der Waals surface area contributed by atoms with Gasteiger partial charge in [0.05, 0.1) is 23.0 Å². The number of amides is 2. The fourth-order valence-corrected chi connectivity index (χ4v) is 2.48. The number of halogens is 1. The molecule has 0 saturated carbocycles. The Labute approximate surface area is 123 Å². The molecule has 2 amide bonds. The number of hydrogen-bond acceptors (Lipinski definition) is 5. The maximum atomic E-state index is 11.7. The van der Waals surface area contributed by atoms with Crippen LogP contribution in [-0.2, 0) is 19.6 Å². The average molecular weight is 365 g/mol. The lowest BCUT2D eigenvalue weighted by atomic mass is 10.2. The summed E-state index contributed by atoms with van der Waals surface area (Å²) in [7, 11) is -3.83. The molecule has 0 aromatic heterocycles. The van der Waals surface area contributed by atoms with E-state index in [4.69, 9.17) is 16.6 Å². The molecule has 0 heterocycles. The number of anilines is 1. The smallest absolute Gasteiger partial charge is 0.241 e. The van der Waals surface area contributed by atoms with Crippen molar-refractivity contribution in [2.24, 2.45) is 16.6 Å². The zero-order valence-electron chi connectivity index (χ0n) is 10.2. The SMILES string of the molecule is NC(=O)CC(N)C(=O)Nc1ccc(S(N)(=O)=O)cc1Br. The van der Waals surface area contributed by atoms with Crippen molar-refractivity contribution in [2.45, 2.75) is 17.4 Å². The Morgan fingerprint density at radius 3 is 2.40 bits per heavy atom. The summed E-state index contributed by atoms with van der Waals surface area (Å²) in [6.07, 6.45) is -0.293. The molecule has 0 fully saturated rings. The third-order valence-electron chi connectivity index (χ3n) is 2.28. The van der Waals surface area contributed by atoms with Crippen LogP contribution in [0.5, 0.6) is 0 Å². The molecule has 1 rings (SSSR count). The maximum absolute atomic E-state index is 11.7. The molecule has 0 spiro atoms. The standard InChI is InChI=1S/C10H13BrN4O4S/c11-6-3-5(20(14,18)19)1-2-8(6)15-10(17)7(12)4-9(13)16/h1-3,7H,4,12H2,(H2,13,16)(H,15,17)(H2,14,18,19). The molecule has 0 aliphatic heterocycles. The number of nitrogens with one attached hydrogen (secondary N) is 1. The van der Waals surface area contributed by atoms with Gasteiger partial charge >= 0.3 is 0 Å². The summed E-state index contributed by atoms with van der Waals surface area (Å²) < 4.78 is 22.6. The first-order valence-electron chi connectivity index (χ1n) is 5.28. The van der Waals surface area contributed by atoms with Crippen LogP contribution in [0.3, 0.4) is 0 Å². The maximum Gasteiger partial charge on any atom is 0.241 e. The van der Waals surface area contributed by atoms with E-state index >= 15 is 0 Å². The van der Waals surface area contributed by atoms with Gasteiger partial charge in [-0.05, 0) is 34.1 Å². The van der Waals surface area contributed by atoms with Gasteiger partial charge in [0.1, 0.15) is 0 Å². The Hall–Kier alpha value is -1.49. The zero-order chi connectivity index (χ0) is 15.5. The normalized spacial score (nSPS) is 12.8. The molecule has 0 aliphatic rings. The third-order valence-corrected chi connectivity index (χ3v) is 3.85. The molecular weight excluding hydrogens is 352 g/mol. The first kappa shape index (κ1) is 16.6. The number of primary amides is 1. The van der Waals surface area contributed by atoms with Crippen molar-refractivity contribution in [1.82, 2.24) is 0 Å². The lowest BCUT2D eigenvalue weighted by Crippen LogP contribution is -2.39. The minimum Gasteiger partial charge on any atom is -0.370 e. The third kappa shape index (κ3) is 4.56. The highest BCUT2D eigenvalue weighted by Crippen LogP contribution is 2.25. The first-order chi connectivity index (χ1) is 9.11. The van der Waals surface area contributed by atoms with Gasteiger partial charge in [0.2, 0.25) is 21.8 Å². The van der Waals surface area contributed by atoms with Gasteiger partial charge in [-0.15, -0.1) is 0 Å². The van der Waals surface area contributed by atoms with Crippen molar-refractivity contribution in [1.29, 1.82) is 0 Å². The first-order valence-corrected chi connectivity index (χ1v) is 7.62. The van der Waals surface area contributed by atoms with E-state index in [-0.39, 0.29) is 11.3 Å². The van der Waals surface area contributed by atoms with E-state index in [1.54, 1.807) is 0 Å². The largest absolute Gasteiger partial charge is 0.370 e. The van der Waals surface area contributed by atoms with E-state index in [1.165, 1.54) is 18.2 Å². The van der Waals surface area contributed by atoms with Crippen molar-refractivity contribution in [3.63, 3.8) is 0 Å². The van der Waals surface area contributed by atoms with E-state index in [2.05, 4.69) is 21.2 Å². The molecule has 7 N–H and O–H groups in total. The summed E-state index contributed by atoms with van der Waals surface area (Å²) in [4.78, 5) is 22.2. The van der Waals surface area contributed by atoms with Crippen LogP contribution in [0.2, 0.25) is 0 Å². The Bertz CT molecular complexity index is 647. The van der Waals surface area contributed by atoms with Crippen LogP contribution in [0.15, 0.2) is 27.6 Å². The van der Waals surface area contributed by atoms with Crippen LogP contribution in [-0.4, -0.2) is 26.3 Å². The number of primary sulfonamides is 1. The van der Waals surface area contributed by atoms with Crippen LogP contribution >= 0.6 is 15.9 Å². The number of carbonyl (C=O) groups is 2. The molecular formula is C10H13BrN4O4S. The predicted molar refractivity (Wildman–Crippen MR) is 75.9 cm³/mol. The van der Waals surface area contributed by atoms with Crippen molar-refractivity contribution in [3.8, 4) is 0 Å². The molecule has 1 unspecified atom stereocenters. The quantitative estimate of drug-likeness (QED) is 0.539. The summed E-state index contributed by atoms with van der Waals surface area (Å²) in [5.41, 5.74) is 10.7. The average Bonchev–Trinajstić information content (AvgIpc) is 2.29. The van der Waals surface area contributed by atoms with Crippen molar-refractivity contribution in [3.05, 3.63) is 22.7 Å². The molecule has 0 saturated heterocycles. The highest BCUT2D eigenvalue weighted by Gasteiger charge is 2.18.